The van der Waals surface area contributed by atoms with E-state index in [1.54, 1.807) is 11.1 Å². The van der Waals surface area contributed by atoms with Crippen LogP contribution in [0.3, 0.4) is 0 Å². The highest BCUT2D eigenvalue weighted by Gasteiger charge is 2.46. The first-order valence-corrected chi connectivity index (χ1v) is 25.8. The lowest BCUT2D eigenvalue weighted by Gasteiger charge is -2.40. The van der Waals surface area contributed by atoms with E-state index in [0.29, 0.717) is 54.0 Å². The molecule has 0 radical (unpaired) electrons. The lowest BCUT2D eigenvalue weighted by atomic mass is 9.93. The molecule has 13 nitrogen and oxygen atoms in total. The van der Waals surface area contributed by atoms with Gasteiger partial charge in [0.1, 0.15) is 23.1 Å². The molecule has 7 heterocycles. The zero-order valence-corrected chi connectivity index (χ0v) is 40.2. The van der Waals surface area contributed by atoms with Gasteiger partial charge in [-0.2, -0.15) is 9.97 Å². The van der Waals surface area contributed by atoms with Crippen LogP contribution in [0, 0.1) is 35.9 Å². The van der Waals surface area contributed by atoms with Crippen molar-refractivity contribution < 1.29 is 23.5 Å². The third kappa shape index (κ3) is 8.59. The number of hydrogen-bond acceptors (Lipinski definition) is 11. The molecule has 2 bridgehead atoms. The normalized spacial score (nSPS) is 24.1. The van der Waals surface area contributed by atoms with Crippen molar-refractivity contribution in [2.45, 2.75) is 90.6 Å². The molecule has 6 fully saturated rings. The Morgan fingerprint density at radius 3 is 2.41 bits per heavy atom. The van der Waals surface area contributed by atoms with Gasteiger partial charge in [-0.1, -0.05) is 31.2 Å². The highest BCUT2D eigenvalue weighted by molar-refractivity contribution is 6.06. The number of piperazine rings is 1. The third-order valence-electron chi connectivity index (χ3n) is 16.9. The molecule has 3 aromatic carbocycles. The number of hydrogen-bond donors (Lipinski definition) is 1. The van der Waals surface area contributed by atoms with Gasteiger partial charge in [0, 0.05) is 93.7 Å². The van der Waals surface area contributed by atoms with Crippen LogP contribution in [0.1, 0.15) is 91.8 Å². The number of pyridine rings is 1. The molecule has 3 amide bonds. The van der Waals surface area contributed by atoms with E-state index in [9.17, 15) is 14.4 Å². The van der Waals surface area contributed by atoms with Gasteiger partial charge >= 0.3 is 6.01 Å². The first-order chi connectivity index (χ1) is 33.6. The van der Waals surface area contributed by atoms with Crippen molar-refractivity contribution in [3.8, 4) is 17.3 Å². The molecule has 360 valence electrons. The second-order valence-electron chi connectivity index (χ2n) is 21.7. The Morgan fingerprint density at radius 1 is 0.855 bits per heavy atom. The lowest BCUT2D eigenvalue weighted by Crippen LogP contribution is -2.52. The molecule has 4 saturated heterocycles. The van der Waals surface area contributed by atoms with Crippen LogP contribution in [-0.4, -0.2) is 125 Å². The molecule has 5 aromatic rings. The number of likely N-dealkylation sites (tertiary alicyclic amines) is 1. The summed E-state index contributed by atoms with van der Waals surface area (Å²) in [6.45, 7) is 15.1. The van der Waals surface area contributed by atoms with Crippen LogP contribution in [-0.2, 0) is 22.6 Å². The molecular weight excluding hydrogens is 870 g/mol. The Hall–Kier alpha value is -5.73. The van der Waals surface area contributed by atoms with Crippen molar-refractivity contribution in [2.75, 3.05) is 81.9 Å². The molecule has 1 N–H and O–H groups in total. The maximum Gasteiger partial charge on any atom is 0.319 e. The fourth-order valence-corrected chi connectivity index (χ4v) is 12.9. The quantitative estimate of drug-likeness (QED) is 0.125. The molecule has 2 aliphatic carbocycles. The van der Waals surface area contributed by atoms with Crippen molar-refractivity contribution in [1.29, 1.82) is 0 Å². The maximum atomic E-state index is 17.3. The van der Waals surface area contributed by atoms with Crippen LogP contribution in [0.15, 0.2) is 54.7 Å². The second-order valence-corrected chi connectivity index (χ2v) is 21.7. The average molecular weight is 934 g/mol. The number of nitrogens with zero attached hydrogens (tertiary/aromatic N) is 8. The molecule has 0 spiro atoms. The number of aromatic nitrogens is 3. The van der Waals surface area contributed by atoms with Crippen LogP contribution >= 0.6 is 0 Å². The summed E-state index contributed by atoms with van der Waals surface area (Å²) in [5.41, 5.74) is 6.44. The summed E-state index contributed by atoms with van der Waals surface area (Å²) in [6.07, 6.45) is 11.6. The Bertz CT molecular complexity index is 2840. The zero-order valence-electron chi connectivity index (χ0n) is 40.2. The van der Waals surface area contributed by atoms with Gasteiger partial charge in [0.25, 0.3) is 5.91 Å². The predicted octanol–water partition coefficient (Wildman–Crippen LogP) is 7.55. The fraction of sp³-hybridized carbons (Fsp3) is 0.527. The monoisotopic (exact) mass is 934 g/mol. The summed E-state index contributed by atoms with van der Waals surface area (Å²) >= 11 is 0. The largest absolute Gasteiger partial charge is 0.463 e. The van der Waals surface area contributed by atoms with Crippen molar-refractivity contribution in [2.24, 2.45) is 23.2 Å². The van der Waals surface area contributed by atoms with E-state index in [1.807, 2.05) is 12.1 Å². The molecule has 7 aliphatic rings. The first-order valence-electron chi connectivity index (χ1n) is 25.8. The second kappa shape index (κ2) is 17.9. The number of nitrogens with one attached hydrogen (secondary N) is 1. The number of fused-ring (bicyclic) bond motifs is 5. The summed E-state index contributed by atoms with van der Waals surface area (Å²) in [5, 5.41) is 5.19. The number of benzene rings is 3. The summed E-state index contributed by atoms with van der Waals surface area (Å²) in [4.78, 5) is 64.0. The van der Waals surface area contributed by atoms with E-state index in [0.717, 1.165) is 124 Å². The van der Waals surface area contributed by atoms with E-state index in [-0.39, 0.29) is 41.1 Å². The Kier molecular flexibility index (Phi) is 11.5. The SMILES string of the molecule is CCc1cccc2cc(C)cc(-c3ncc4c(N5CC6CCC(C6)C5)nc(OCC5(CN6CCC(CN7CCN(c8ccc9c(c8)CN([C@H]8CCC(=O)NC8=O)C9=O)CC7)CC6)CC5)nc4c3F)c12. The van der Waals surface area contributed by atoms with Crippen molar-refractivity contribution in [3.05, 3.63) is 82.8 Å². The number of carbonyl (C=O) groups excluding carboxylic acids is 3. The number of halogens is 1. The Labute approximate surface area is 403 Å². The molecule has 5 aliphatic heterocycles. The number of ether oxygens (including phenoxy) is 1. The minimum atomic E-state index is -0.600. The van der Waals surface area contributed by atoms with Gasteiger partial charge in [0.15, 0.2) is 5.82 Å². The molecule has 2 aromatic heterocycles. The predicted molar refractivity (Wildman–Crippen MR) is 265 cm³/mol. The smallest absolute Gasteiger partial charge is 0.319 e. The Morgan fingerprint density at radius 2 is 1.65 bits per heavy atom. The van der Waals surface area contributed by atoms with Gasteiger partial charge in [0.05, 0.1) is 12.0 Å². The molecular formula is C55H64FN9O4. The number of rotatable bonds is 12. The van der Waals surface area contributed by atoms with Crippen LogP contribution in [0.5, 0.6) is 6.01 Å². The summed E-state index contributed by atoms with van der Waals surface area (Å²) in [5.74, 6) is 1.48. The van der Waals surface area contributed by atoms with Gasteiger partial charge in [-0.25, -0.2) is 4.39 Å². The number of amides is 3. The lowest BCUT2D eigenvalue weighted by molar-refractivity contribution is -0.136. The average Bonchev–Trinajstić information content (AvgIpc) is 3.93. The highest BCUT2D eigenvalue weighted by Crippen LogP contribution is 2.48. The molecule has 2 saturated carbocycles. The van der Waals surface area contributed by atoms with Crippen molar-refractivity contribution >= 4 is 50.9 Å². The Balaban J connectivity index is 0.678. The first kappa shape index (κ1) is 44.5. The van der Waals surface area contributed by atoms with Gasteiger partial charge in [-0.15, -0.1) is 0 Å². The number of imide groups is 1. The topological polar surface area (TPSA) is 127 Å². The van der Waals surface area contributed by atoms with E-state index >= 15 is 4.39 Å². The van der Waals surface area contributed by atoms with Crippen molar-refractivity contribution in [3.63, 3.8) is 0 Å². The van der Waals surface area contributed by atoms with Crippen molar-refractivity contribution in [1.82, 2.24) is 35.0 Å². The van der Waals surface area contributed by atoms with Crippen LogP contribution in [0.25, 0.3) is 32.9 Å². The molecule has 12 rings (SSSR count). The van der Waals surface area contributed by atoms with E-state index in [4.69, 9.17) is 19.7 Å². The molecule has 14 heteroatoms. The number of anilines is 2. The summed E-state index contributed by atoms with van der Waals surface area (Å²) < 4.78 is 23.9. The van der Waals surface area contributed by atoms with Crippen LogP contribution < -0.4 is 19.9 Å². The summed E-state index contributed by atoms with van der Waals surface area (Å²) in [7, 11) is 0. The number of piperidine rings is 3. The molecule has 3 atom stereocenters. The van der Waals surface area contributed by atoms with E-state index in [1.165, 1.54) is 37.7 Å². The standard InChI is InChI=1S/C55H64FN9O4/c1-3-38-5-4-6-39-23-34(2)24-43(47(38)39)49-48(56)50-44(27-57-49)51(64-29-36-7-8-37(25-36)30-64)60-54(59-50)69-33-55(15-16-55)32-62-17-13-35(14-18-62)28-61-19-21-63(22-20-61)41-9-10-42-40(26-41)31-65(53(42)68)45-11-12-46(66)58-52(45)67/h4-6,9-10,23-24,26-27,35-37,45H,3,7-8,11-22,25,28-33H2,1-2H3,(H,58,66,67)/t36?,37?,45-/m0/s1. The molecule has 2 unspecified atom stereocenters. The highest BCUT2D eigenvalue weighted by atomic mass is 19.1. The maximum absolute atomic E-state index is 17.3. The number of carbonyl (C=O) groups is 3. The minimum absolute atomic E-state index is 0.0545. The molecule has 69 heavy (non-hydrogen) atoms. The van der Waals surface area contributed by atoms with E-state index in [2.05, 4.69) is 75.2 Å². The fourth-order valence-electron chi connectivity index (χ4n) is 12.9. The zero-order chi connectivity index (χ0) is 47.0. The van der Waals surface area contributed by atoms with E-state index < -0.39 is 11.9 Å². The van der Waals surface area contributed by atoms with Gasteiger partial charge in [-0.3, -0.25) is 29.6 Å². The summed E-state index contributed by atoms with van der Waals surface area (Å²) in [6, 6.07) is 16.3. The minimum Gasteiger partial charge on any atom is -0.463 e. The van der Waals surface area contributed by atoms with Gasteiger partial charge in [0.2, 0.25) is 11.8 Å². The van der Waals surface area contributed by atoms with Gasteiger partial charge < -0.3 is 24.3 Å². The van der Waals surface area contributed by atoms with Crippen LogP contribution in [0.2, 0.25) is 0 Å². The van der Waals surface area contributed by atoms with Crippen LogP contribution in [0.4, 0.5) is 15.9 Å². The van der Waals surface area contributed by atoms with Gasteiger partial charge in [-0.05, 0) is 147 Å². The third-order valence-corrected chi connectivity index (χ3v) is 16.9. The number of aryl methyl sites for hydroxylation is 2.